The van der Waals surface area contributed by atoms with Gasteiger partial charge in [-0.05, 0) is 37.5 Å². The third-order valence-electron chi connectivity index (χ3n) is 5.08. The average Bonchev–Trinajstić information content (AvgIpc) is 3.22. The van der Waals surface area contributed by atoms with Gasteiger partial charge >= 0.3 is 5.97 Å². The van der Waals surface area contributed by atoms with Crippen molar-refractivity contribution in [2.45, 2.75) is 50.4 Å². The van der Waals surface area contributed by atoms with Gasteiger partial charge < -0.3 is 36.6 Å². The molecular formula is C20H28N4O7. The molecular weight excluding hydrogens is 408 g/mol. The molecule has 0 bridgehead atoms. The van der Waals surface area contributed by atoms with Crippen molar-refractivity contribution in [3.63, 3.8) is 0 Å². The molecule has 1 aromatic carbocycles. The lowest BCUT2D eigenvalue weighted by Gasteiger charge is -2.27. The minimum atomic E-state index is -1.21. The standard InChI is InChI=1S/C20H28N4O7/c1-11(25)17(21)18(28)22-10-16(27)23-14(9-12-4-6-13(26)7-5-12)19(29)24-8-2-3-15(24)20(30)31/h4-7,11,14-15,17,25-26H,2-3,8-10,21H2,1H3,(H,22,28)(H,23,27)(H,30,31). The fourth-order valence-electron chi connectivity index (χ4n) is 3.30. The van der Waals surface area contributed by atoms with Crippen molar-refractivity contribution in [1.29, 1.82) is 0 Å². The molecule has 1 aliphatic heterocycles. The Bertz CT molecular complexity index is 812. The number of phenolic OH excluding ortho intramolecular Hbond substituents is 1. The Hall–Kier alpha value is -3.18. The van der Waals surface area contributed by atoms with E-state index >= 15 is 0 Å². The van der Waals surface area contributed by atoms with Crippen LogP contribution >= 0.6 is 0 Å². The van der Waals surface area contributed by atoms with Gasteiger partial charge in [-0.2, -0.15) is 0 Å². The fraction of sp³-hybridized carbons (Fsp3) is 0.500. The molecule has 4 unspecified atom stereocenters. The first-order valence-electron chi connectivity index (χ1n) is 9.92. The van der Waals surface area contributed by atoms with Gasteiger partial charge in [0.1, 0.15) is 23.9 Å². The number of aliphatic hydroxyl groups excluding tert-OH is 1. The van der Waals surface area contributed by atoms with Crippen LogP contribution in [-0.4, -0.2) is 81.2 Å². The van der Waals surface area contributed by atoms with Crippen LogP contribution in [0.25, 0.3) is 0 Å². The molecule has 31 heavy (non-hydrogen) atoms. The highest BCUT2D eigenvalue weighted by atomic mass is 16.4. The number of aliphatic carboxylic acids is 1. The van der Waals surface area contributed by atoms with Gasteiger partial charge in [-0.1, -0.05) is 12.1 Å². The van der Waals surface area contributed by atoms with Crippen molar-refractivity contribution in [2.75, 3.05) is 13.1 Å². The number of aromatic hydroxyl groups is 1. The van der Waals surface area contributed by atoms with Crippen molar-refractivity contribution >= 4 is 23.7 Å². The summed E-state index contributed by atoms with van der Waals surface area (Å²) in [6.45, 7) is 1.13. The number of likely N-dealkylation sites (tertiary alicyclic amines) is 1. The molecule has 3 amide bonds. The van der Waals surface area contributed by atoms with Gasteiger partial charge in [-0.25, -0.2) is 4.79 Å². The highest BCUT2D eigenvalue weighted by Crippen LogP contribution is 2.20. The summed E-state index contributed by atoms with van der Waals surface area (Å²) in [6.07, 6.45) is -0.172. The number of rotatable bonds is 9. The molecule has 0 aliphatic carbocycles. The number of nitrogens with one attached hydrogen (secondary N) is 2. The van der Waals surface area contributed by atoms with Crippen molar-refractivity contribution in [3.05, 3.63) is 29.8 Å². The minimum absolute atomic E-state index is 0.0401. The van der Waals surface area contributed by atoms with Crippen molar-refractivity contribution in [1.82, 2.24) is 15.5 Å². The van der Waals surface area contributed by atoms with Crippen LogP contribution in [0, 0.1) is 0 Å². The Labute approximate surface area is 179 Å². The fourth-order valence-corrected chi connectivity index (χ4v) is 3.30. The zero-order valence-electron chi connectivity index (χ0n) is 17.2. The first kappa shape index (κ1) is 24.1. The van der Waals surface area contributed by atoms with E-state index in [0.29, 0.717) is 18.4 Å². The van der Waals surface area contributed by atoms with Gasteiger partial charge in [0.25, 0.3) is 0 Å². The maximum atomic E-state index is 13.1. The third kappa shape index (κ3) is 6.66. The molecule has 1 heterocycles. The van der Waals surface area contributed by atoms with E-state index in [0.717, 1.165) is 0 Å². The van der Waals surface area contributed by atoms with Crippen LogP contribution in [0.3, 0.4) is 0 Å². The molecule has 1 aliphatic rings. The Morgan fingerprint density at radius 3 is 2.45 bits per heavy atom. The zero-order chi connectivity index (χ0) is 23.1. The molecule has 1 aromatic rings. The number of hydrogen-bond acceptors (Lipinski definition) is 7. The third-order valence-corrected chi connectivity index (χ3v) is 5.08. The molecule has 11 nitrogen and oxygen atoms in total. The predicted molar refractivity (Wildman–Crippen MR) is 109 cm³/mol. The number of amides is 3. The predicted octanol–water partition coefficient (Wildman–Crippen LogP) is -1.68. The number of aliphatic hydroxyl groups is 1. The summed E-state index contributed by atoms with van der Waals surface area (Å²) in [4.78, 5) is 49.9. The number of hydrogen-bond donors (Lipinski definition) is 6. The lowest BCUT2D eigenvalue weighted by molar-refractivity contribution is -0.149. The van der Waals surface area contributed by atoms with Crippen molar-refractivity contribution < 1.29 is 34.5 Å². The molecule has 0 radical (unpaired) electrons. The van der Waals surface area contributed by atoms with Gasteiger partial charge in [0.15, 0.2) is 0 Å². The second kappa shape index (κ2) is 10.7. The number of benzene rings is 1. The van der Waals surface area contributed by atoms with Crippen LogP contribution in [0.2, 0.25) is 0 Å². The molecule has 170 valence electrons. The molecule has 0 saturated carbocycles. The molecule has 1 saturated heterocycles. The summed E-state index contributed by atoms with van der Waals surface area (Å²) < 4.78 is 0. The summed E-state index contributed by atoms with van der Waals surface area (Å²) in [5, 5.41) is 33.0. The lowest BCUT2D eigenvalue weighted by Crippen LogP contribution is -2.55. The van der Waals surface area contributed by atoms with E-state index in [2.05, 4.69) is 10.6 Å². The first-order valence-corrected chi connectivity index (χ1v) is 9.92. The van der Waals surface area contributed by atoms with Gasteiger partial charge in [0.05, 0.1) is 12.6 Å². The second-order valence-corrected chi connectivity index (χ2v) is 7.50. The number of carboxylic acid groups (broad SMARTS) is 1. The molecule has 0 spiro atoms. The van der Waals surface area contributed by atoms with Crippen LogP contribution in [0.4, 0.5) is 0 Å². The molecule has 4 atom stereocenters. The summed E-state index contributed by atoms with van der Waals surface area (Å²) >= 11 is 0. The van der Waals surface area contributed by atoms with Crippen molar-refractivity contribution in [2.24, 2.45) is 5.73 Å². The SMILES string of the molecule is CC(O)C(N)C(=O)NCC(=O)NC(Cc1ccc(O)cc1)C(=O)N1CCCC1C(=O)O. The van der Waals surface area contributed by atoms with Crippen LogP contribution in [0.5, 0.6) is 5.75 Å². The Kier molecular flexibility index (Phi) is 8.34. The number of phenols is 1. The monoisotopic (exact) mass is 436 g/mol. The van der Waals surface area contributed by atoms with E-state index in [-0.39, 0.29) is 18.7 Å². The van der Waals surface area contributed by atoms with Gasteiger partial charge in [-0.3, -0.25) is 14.4 Å². The molecule has 2 rings (SSSR count). The van der Waals surface area contributed by atoms with Crippen molar-refractivity contribution in [3.8, 4) is 5.75 Å². The first-order chi connectivity index (χ1) is 14.6. The quantitative estimate of drug-likeness (QED) is 0.265. The number of carboxylic acids is 1. The number of nitrogens with two attached hydrogens (primary N) is 1. The van der Waals surface area contributed by atoms with Gasteiger partial charge in [-0.15, -0.1) is 0 Å². The number of carbonyl (C=O) groups excluding carboxylic acids is 3. The van der Waals surface area contributed by atoms with Gasteiger partial charge in [0.2, 0.25) is 17.7 Å². The highest BCUT2D eigenvalue weighted by Gasteiger charge is 2.37. The Morgan fingerprint density at radius 1 is 1.23 bits per heavy atom. The molecule has 7 N–H and O–H groups in total. The van der Waals surface area contributed by atoms with Gasteiger partial charge in [0, 0.05) is 13.0 Å². The Balaban J connectivity index is 2.10. The van der Waals surface area contributed by atoms with E-state index in [1.165, 1.54) is 24.0 Å². The summed E-state index contributed by atoms with van der Waals surface area (Å²) in [5.41, 5.74) is 6.15. The van der Waals surface area contributed by atoms with Crippen LogP contribution in [-0.2, 0) is 25.6 Å². The van der Waals surface area contributed by atoms with E-state index < -0.39 is 54.5 Å². The van der Waals surface area contributed by atoms with Crippen LogP contribution in [0.15, 0.2) is 24.3 Å². The van der Waals surface area contributed by atoms with E-state index in [1.54, 1.807) is 12.1 Å². The van der Waals surface area contributed by atoms with E-state index in [4.69, 9.17) is 5.73 Å². The second-order valence-electron chi connectivity index (χ2n) is 7.50. The van der Waals surface area contributed by atoms with E-state index in [1.807, 2.05) is 0 Å². The zero-order valence-corrected chi connectivity index (χ0v) is 17.2. The highest BCUT2D eigenvalue weighted by molar-refractivity contribution is 5.93. The minimum Gasteiger partial charge on any atom is -0.508 e. The summed E-state index contributed by atoms with van der Waals surface area (Å²) in [5.74, 6) is -3.01. The largest absolute Gasteiger partial charge is 0.508 e. The smallest absolute Gasteiger partial charge is 0.326 e. The molecule has 1 fully saturated rings. The normalized spacial score (nSPS) is 18.7. The molecule has 0 aromatic heterocycles. The van der Waals surface area contributed by atoms with Crippen LogP contribution < -0.4 is 16.4 Å². The van der Waals surface area contributed by atoms with Crippen LogP contribution in [0.1, 0.15) is 25.3 Å². The lowest BCUT2D eigenvalue weighted by atomic mass is 10.0. The Morgan fingerprint density at radius 2 is 1.87 bits per heavy atom. The summed E-state index contributed by atoms with van der Waals surface area (Å²) in [6, 6.07) is 2.81. The average molecular weight is 436 g/mol. The number of nitrogens with zero attached hydrogens (tertiary/aromatic N) is 1. The summed E-state index contributed by atoms with van der Waals surface area (Å²) in [7, 11) is 0. The van der Waals surface area contributed by atoms with E-state index in [9.17, 15) is 34.5 Å². The topological polar surface area (TPSA) is 182 Å². The number of carbonyl (C=O) groups is 4. The maximum Gasteiger partial charge on any atom is 0.326 e. The maximum absolute atomic E-state index is 13.1. The molecule has 11 heteroatoms.